The summed E-state index contributed by atoms with van der Waals surface area (Å²) in [6, 6.07) is 10.8. The van der Waals surface area contributed by atoms with E-state index in [1.54, 1.807) is 12.1 Å². The van der Waals surface area contributed by atoms with Crippen LogP contribution in [0.2, 0.25) is 0 Å². The first kappa shape index (κ1) is 10.3. The third-order valence-corrected chi connectivity index (χ3v) is 2.82. The Kier molecular flexibility index (Phi) is 1.99. The number of benzene rings is 2. The van der Waals surface area contributed by atoms with E-state index in [2.05, 4.69) is 9.00 Å². The fraction of sp³-hybridized carbons (Fsp3) is 0.0833. The molecule has 0 aromatic heterocycles. The molecule has 1 heterocycles. The SMILES string of the molecule is CC1=[O+][B-](F)(F)Oc2ccc3ccccc3c21. The third-order valence-electron chi connectivity index (χ3n) is 2.82. The van der Waals surface area contributed by atoms with Crippen LogP contribution >= 0.6 is 0 Å². The Hall–Kier alpha value is -1.91. The highest BCUT2D eigenvalue weighted by Gasteiger charge is 2.53. The summed E-state index contributed by atoms with van der Waals surface area (Å²) in [5, 5.41) is 1.82. The summed E-state index contributed by atoms with van der Waals surface area (Å²) in [5.74, 6) is 0.380. The molecular weight excluding hydrogens is 225 g/mol. The second-order valence-corrected chi connectivity index (χ2v) is 3.99. The van der Waals surface area contributed by atoms with Crippen molar-refractivity contribution >= 4 is 23.7 Å². The molecule has 0 radical (unpaired) electrons. The van der Waals surface area contributed by atoms with Crippen molar-refractivity contribution in [1.29, 1.82) is 0 Å². The van der Waals surface area contributed by atoms with Crippen LogP contribution in [-0.2, 0) is 0 Å². The van der Waals surface area contributed by atoms with Crippen molar-refractivity contribution in [2.24, 2.45) is 0 Å². The van der Waals surface area contributed by atoms with Crippen molar-refractivity contribution in [3.05, 3.63) is 42.0 Å². The average Bonchev–Trinajstić information content (AvgIpc) is 2.26. The van der Waals surface area contributed by atoms with Gasteiger partial charge in [-0.25, -0.2) is 0 Å². The largest absolute Gasteiger partial charge is 0.994 e. The second kappa shape index (κ2) is 3.29. The van der Waals surface area contributed by atoms with Gasteiger partial charge in [-0.2, -0.15) is 0 Å². The monoisotopic (exact) mass is 234 g/mol. The van der Waals surface area contributed by atoms with Crippen LogP contribution in [0.4, 0.5) is 8.63 Å². The van der Waals surface area contributed by atoms with E-state index in [0.29, 0.717) is 5.56 Å². The van der Waals surface area contributed by atoms with Gasteiger partial charge in [-0.3, -0.25) is 0 Å². The van der Waals surface area contributed by atoms with Crippen molar-refractivity contribution in [1.82, 2.24) is 0 Å². The molecule has 0 aliphatic carbocycles. The highest BCUT2D eigenvalue weighted by Crippen LogP contribution is 2.34. The number of carbonyl (C=O) groups excluding carboxylic acids is 1. The molecule has 2 aromatic rings. The van der Waals surface area contributed by atoms with Crippen LogP contribution in [0.15, 0.2) is 36.4 Å². The van der Waals surface area contributed by atoms with Gasteiger partial charge in [0.1, 0.15) is 5.56 Å². The van der Waals surface area contributed by atoms with E-state index in [0.717, 1.165) is 10.8 Å². The number of fused-ring (bicyclic) bond motifs is 3. The lowest BCUT2D eigenvalue weighted by atomic mass is 9.98. The predicted molar refractivity (Wildman–Crippen MR) is 62.6 cm³/mol. The molecule has 0 unspecified atom stereocenters. The molecule has 2 nitrogen and oxygen atoms in total. The van der Waals surface area contributed by atoms with E-state index < -0.39 is 7.11 Å². The molecule has 0 saturated heterocycles. The van der Waals surface area contributed by atoms with Crippen molar-refractivity contribution < 1.29 is 17.6 Å². The van der Waals surface area contributed by atoms with E-state index in [4.69, 9.17) is 0 Å². The summed E-state index contributed by atoms with van der Waals surface area (Å²) < 4.78 is 35.4. The van der Waals surface area contributed by atoms with Gasteiger partial charge in [0.2, 0.25) is 0 Å². The topological polar surface area (TPSA) is 20.5 Å². The Labute approximate surface area is 96.6 Å². The number of ketones is 1. The zero-order chi connectivity index (χ0) is 12.0. The summed E-state index contributed by atoms with van der Waals surface area (Å²) >= 11 is 0. The lowest BCUT2D eigenvalue weighted by molar-refractivity contribution is -0.181. The molecule has 5 heteroatoms. The zero-order valence-corrected chi connectivity index (χ0v) is 9.11. The lowest BCUT2D eigenvalue weighted by Crippen LogP contribution is -2.35. The molecule has 0 amide bonds. The summed E-state index contributed by atoms with van der Waals surface area (Å²) in [6.45, 7) is 1.53. The molecule has 0 fully saturated rings. The summed E-state index contributed by atoms with van der Waals surface area (Å²) in [4.78, 5) is 0. The van der Waals surface area contributed by atoms with Crippen LogP contribution in [0.25, 0.3) is 10.8 Å². The Morgan fingerprint density at radius 1 is 1.12 bits per heavy atom. The summed E-state index contributed by atoms with van der Waals surface area (Å²) in [6.07, 6.45) is 0. The highest BCUT2D eigenvalue weighted by molar-refractivity contribution is 6.52. The Morgan fingerprint density at radius 3 is 2.71 bits per heavy atom. The third kappa shape index (κ3) is 1.58. The normalized spacial score (nSPS) is 17.2. The number of halogens is 2. The molecule has 0 spiro atoms. The average molecular weight is 234 g/mol. The van der Waals surface area contributed by atoms with Crippen molar-refractivity contribution in [3.63, 3.8) is 0 Å². The van der Waals surface area contributed by atoms with Crippen LogP contribution in [-0.4, -0.2) is 12.9 Å². The molecule has 0 saturated carbocycles. The van der Waals surface area contributed by atoms with E-state index in [1.165, 1.54) is 6.92 Å². The van der Waals surface area contributed by atoms with Gasteiger partial charge in [0, 0.05) is 12.3 Å². The van der Waals surface area contributed by atoms with E-state index in [1.807, 2.05) is 24.3 Å². The van der Waals surface area contributed by atoms with Gasteiger partial charge < -0.3 is 17.6 Å². The number of rotatable bonds is 0. The molecule has 17 heavy (non-hydrogen) atoms. The highest BCUT2D eigenvalue weighted by atomic mass is 19.3. The molecule has 1 aliphatic heterocycles. The maximum atomic E-state index is 13.1. The first-order chi connectivity index (χ1) is 8.07. The standard InChI is InChI=1S/C12H9BF2O2/c1-8-12-10-5-3-2-4-9(10)6-7-11(12)17-13(14,15)16-8/h2-7H,1H3. The van der Waals surface area contributed by atoms with Gasteiger partial charge in [-0.1, -0.05) is 30.3 Å². The maximum absolute atomic E-state index is 13.1. The second-order valence-electron chi connectivity index (χ2n) is 3.99. The molecule has 0 bridgehead atoms. The van der Waals surface area contributed by atoms with Crippen LogP contribution < -0.4 is 4.65 Å². The Bertz CT molecular complexity index is 637. The smallest absolute Gasteiger partial charge is 0.569 e. The first-order valence-corrected chi connectivity index (χ1v) is 5.30. The van der Waals surface area contributed by atoms with Crippen LogP contribution in [0.3, 0.4) is 0 Å². The Balaban J connectivity index is 2.35. The lowest BCUT2D eigenvalue weighted by Gasteiger charge is -2.20. The van der Waals surface area contributed by atoms with Gasteiger partial charge in [-0.05, 0) is 11.5 Å². The molecule has 1 aliphatic rings. The minimum absolute atomic E-state index is 0.178. The van der Waals surface area contributed by atoms with Gasteiger partial charge in [0.25, 0.3) is 5.78 Å². The predicted octanol–water partition coefficient (Wildman–Crippen LogP) is 3.35. The maximum Gasteiger partial charge on any atom is 0.994 e. The van der Waals surface area contributed by atoms with Gasteiger partial charge in [-0.15, -0.1) is 0 Å². The van der Waals surface area contributed by atoms with Gasteiger partial charge >= 0.3 is 7.11 Å². The first-order valence-electron chi connectivity index (χ1n) is 5.30. The Morgan fingerprint density at radius 2 is 1.88 bits per heavy atom. The molecule has 3 rings (SSSR count). The van der Waals surface area contributed by atoms with Crippen LogP contribution in [0.5, 0.6) is 5.75 Å². The fourth-order valence-corrected chi connectivity index (χ4v) is 2.15. The van der Waals surface area contributed by atoms with Gasteiger partial charge in [0.15, 0.2) is 0 Å². The summed E-state index contributed by atoms with van der Waals surface area (Å²) in [7, 11) is -4.23. The van der Waals surface area contributed by atoms with Gasteiger partial charge in [0.05, 0.1) is 5.75 Å². The van der Waals surface area contributed by atoms with E-state index in [9.17, 15) is 8.63 Å². The molecule has 86 valence electrons. The summed E-state index contributed by atoms with van der Waals surface area (Å²) in [5.41, 5.74) is 0.607. The molecule has 0 N–H and O–H groups in total. The molecule has 0 atom stereocenters. The minimum Gasteiger partial charge on any atom is -0.569 e. The minimum atomic E-state index is -4.23. The van der Waals surface area contributed by atoms with E-state index in [-0.39, 0.29) is 11.5 Å². The number of hydrogen-bond donors (Lipinski definition) is 0. The quantitative estimate of drug-likeness (QED) is 0.505. The van der Waals surface area contributed by atoms with Crippen LogP contribution in [0.1, 0.15) is 16.8 Å². The zero-order valence-electron chi connectivity index (χ0n) is 9.11. The van der Waals surface area contributed by atoms with Crippen molar-refractivity contribution in [3.8, 4) is 5.75 Å². The van der Waals surface area contributed by atoms with Crippen molar-refractivity contribution in [2.45, 2.75) is 6.92 Å². The van der Waals surface area contributed by atoms with Crippen molar-refractivity contribution in [2.75, 3.05) is 0 Å². The molecule has 2 aromatic carbocycles. The van der Waals surface area contributed by atoms with Crippen LogP contribution in [0, 0.1) is 0 Å². The number of hydrogen-bond acceptors (Lipinski definition) is 1. The van der Waals surface area contributed by atoms with E-state index >= 15 is 0 Å². The fourth-order valence-electron chi connectivity index (χ4n) is 2.15. The molecular formula is C12H9BF2O2.